The fourth-order valence-electron chi connectivity index (χ4n) is 1.86. The van der Waals surface area contributed by atoms with Crippen LogP contribution in [0.3, 0.4) is 0 Å². The van der Waals surface area contributed by atoms with Crippen LogP contribution >= 0.6 is 0 Å². The largest absolute Gasteiger partial charge is 0.383 e. The van der Waals surface area contributed by atoms with Gasteiger partial charge in [-0.3, -0.25) is 5.10 Å². The van der Waals surface area contributed by atoms with E-state index in [1.807, 2.05) is 0 Å². The number of nitrogens with zero attached hydrogens (tertiary/aromatic N) is 2. The minimum absolute atomic E-state index is 0.0439. The van der Waals surface area contributed by atoms with Gasteiger partial charge in [-0.1, -0.05) is 18.2 Å². The maximum Gasteiger partial charge on any atom is 0.248 e. The molecule has 20 heavy (non-hydrogen) atoms. The number of aromatic amines is 1. The van der Waals surface area contributed by atoms with Gasteiger partial charge in [0.2, 0.25) is 10.0 Å². The summed E-state index contributed by atoms with van der Waals surface area (Å²) < 4.78 is 39.6. The van der Waals surface area contributed by atoms with Crippen LogP contribution in [0.5, 0.6) is 0 Å². The highest BCUT2D eigenvalue weighted by atomic mass is 32.2. The Balaban J connectivity index is 2.39. The summed E-state index contributed by atoms with van der Waals surface area (Å²) in [5.41, 5.74) is 5.83. The molecule has 0 aliphatic carbocycles. The smallest absolute Gasteiger partial charge is 0.248 e. The van der Waals surface area contributed by atoms with Crippen LogP contribution in [0, 0.1) is 5.82 Å². The topological polar surface area (TPSA) is 92.1 Å². The number of hydrogen-bond donors (Lipinski definition) is 2. The lowest BCUT2D eigenvalue weighted by Gasteiger charge is -2.24. The fraction of sp³-hybridized carbons (Fsp3) is 0.250. The van der Waals surface area contributed by atoms with Gasteiger partial charge >= 0.3 is 0 Å². The number of benzene rings is 1. The molecular formula is C12H15FN4O2S. The average molecular weight is 298 g/mol. The van der Waals surface area contributed by atoms with Crippen molar-refractivity contribution in [1.29, 1.82) is 0 Å². The molecule has 0 amide bonds. The monoisotopic (exact) mass is 298 g/mol. The van der Waals surface area contributed by atoms with E-state index in [0.717, 1.165) is 10.5 Å². The van der Waals surface area contributed by atoms with Crippen molar-refractivity contribution in [2.45, 2.75) is 17.9 Å². The molecule has 108 valence electrons. The van der Waals surface area contributed by atoms with Crippen molar-refractivity contribution in [1.82, 2.24) is 14.5 Å². The maximum absolute atomic E-state index is 13.7. The van der Waals surface area contributed by atoms with E-state index in [1.165, 1.54) is 13.1 Å². The zero-order valence-corrected chi connectivity index (χ0v) is 11.9. The Hall–Kier alpha value is -1.93. The normalized spacial score (nSPS) is 13.6. The molecule has 1 aromatic carbocycles. The third-order valence-electron chi connectivity index (χ3n) is 3.19. The van der Waals surface area contributed by atoms with Gasteiger partial charge in [-0.25, -0.2) is 12.8 Å². The zero-order chi connectivity index (χ0) is 14.9. The average Bonchev–Trinajstić information content (AvgIpc) is 2.84. The van der Waals surface area contributed by atoms with Crippen molar-refractivity contribution in [3.8, 4) is 0 Å². The number of anilines is 1. The summed E-state index contributed by atoms with van der Waals surface area (Å²) in [7, 11) is -2.47. The molecule has 0 saturated carbocycles. The van der Waals surface area contributed by atoms with Crippen molar-refractivity contribution in [3.63, 3.8) is 0 Å². The first-order valence-electron chi connectivity index (χ1n) is 5.87. The molecule has 1 atom stereocenters. The highest BCUT2D eigenvalue weighted by molar-refractivity contribution is 7.89. The summed E-state index contributed by atoms with van der Waals surface area (Å²) in [6, 6.07) is 5.37. The highest BCUT2D eigenvalue weighted by Gasteiger charge is 2.30. The van der Waals surface area contributed by atoms with E-state index >= 15 is 0 Å². The number of aromatic nitrogens is 2. The summed E-state index contributed by atoms with van der Waals surface area (Å²) in [6.07, 6.45) is 1.13. The van der Waals surface area contributed by atoms with E-state index in [-0.39, 0.29) is 10.7 Å². The second kappa shape index (κ2) is 5.22. The molecule has 0 saturated heterocycles. The number of sulfonamides is 1. The number of rotatable bonds is 4. The van der Waals surface area contributed by atoms with E-state index in [1.54, 1.807) is 25.1 Å². The second-order valence-electron chi connectivity index (χ2n) is 4.37. The first-order valence-corrected chi connectivity index (χ1v) is 7.31. The molecule has 6 nitrogen and oxygen atoms in total. The second-order valence-corrected chi connectivity index (χ2v) is 6.33. The van der Waals surface area contributed by atoms with E-state index in [4.69, 9.17) is 5.73 Å². The van der Waals surface area contributed by atoms with E-state index in [0.29, 0.717) is 5.56 Å². The Bertz CT molecular complexity index is 714. The first kappa shape index (κ1) is 14.5. The zero-order valence-electron chi connectivity index (χ0n) is 11.0. The van der Waals surface area contributed by atoms with Gasteiger partial charge in [0, 0.05) is 18.7 Å². The van der Waals surface area contributed by atoms with E-state index in [9.17, 15) is 12.8 Å². The Kier molecular flexibility index (Phi) is 3.78. The number of nitrogens with one attached hydrogen (secondary N) is 1. The molecular weight excluding hydrogens is 283 g/mol. The Labute approximate surface area is 116 Å². The van der Waals surface area contributed by atoms with Gasteiger partial charge in [-0.15, -0.1) is 0 Å². The van der Waals surface area contributed by atoms with Crippen molar-refractivity contribution < 1.29 is 12.8 Å². The molecule has 8 heteroatoms. The Morgan fingerprint density at radius 1 is 1.40 bits per heavy atom. The molecule has 0 spiro atoms. The predicted octanol–water partition coefficient (Wildman–Crippen LogP) is 1.51. The molecule has 0 bridgehead atoms. The summed E-state index contributed by atoms with van der Waals surface area (Å²) in [5.74, 6) is -0.500. The summed E-state index contributed by atoms with van der Waals surface area (Å²) in [6.45, 7) is 1.60. The van der Waals surface area contributed by atoms with Gasteiger partial charge < -0.3 is 5.73 Å². The number of nitrogens with two attached hydrogens (primary N) is 1. The van der Waals surface area contributed by atoms with Crippen molar-refractivity contribution >= 4 is 15.8 Å². The van der Waals surface area contributed by atoms with Crippen molar-refractivity contribution in [2.24, 2.45) is 0 Å². The Morgan fingerprint density at radius 3 is 2.60 bits per heavy atom. The molecule has 0 aliphatic rings. The summed E-state index contributed by atoms with van der Waals surface area (Å²) in [5, 5.41) is 5.96. The van der Waals surface area contributed by atoms with Crippen molar-refractivity contribution in [3.05, 3.63) is 41.8 Å². The van der Waals surface area contributed by atoms with Crippen LogP contribution in [0.2, 0.25) is 0 Å². The van der Waals surface area contributed by atoms with Crippen molar-refractivity contribution in [2.75, 3.05) is 12.8 Å². The summed E-state index contributed by atoms with van der Waals surface area (Å²) >= 11 is 0. The van der Waals surface area contributed by atoms with Crippen LogP contribution in [-0.4, -0.2) is 30.0 Å². The molecule has 2 rings (SSSR count). The maximum atomic E-state index is 13.7. The molecule has 0 radical (unpaired) electrons. The minimum Gasteiger partial charge on any atom is -0.383 e. The fourth-order valence-corrected chi connectivity index (χ4v) is 3.21. The molecule has 1 aromatic heterocycles. The third kappa shape index (κ3) is 2.39. The molecule has 3 N–H and O–H groups in total. The standard InChI is InChI=1S/C12H15FN4O2S/c1-8(9-5-3-4-6-10(9)13)17(2)20(18,19)11-7-15-16-12(11)14/h3-8H,1-2H3,(H3,14,15,16). The van der Waals surface area contributed by atoms with Gasteiger partial charge in [0.05, 0.1) is 6.20 Å². The van der Waals surface area contributed by atoms with Crippen LogP contribution in [0.1, 0.15) is 18.5 Å². The predicted molar refractivity (Wildman–Crippen MR) is 72.8 cm³/mol. The Morgan fingerprint density at radius 2 is 2.05 bits per heavy atom. The molecule has 2 aromatic rings. The molecule has 1 unspecified atom stereocenters. The summed E-state index contributed by atoms with van der Waals surface area (Å²) in [4.78, 5) is -0.122. The molecule has 1 heterocycles. The van der Waals surface area contributed by atoms with Crippen LogP contribution in [0.15, 0.2) is 35.4 Å². The number of nitrogen functional groups attached to an aromatic ring is 1. The van der Waals surface area contributed by atoms with Crippen LogP contribution in [-0.2, 0) is 10.0 Å². The lowest BCUT2D eigenvalue weighted by molar-refractivity contribution is 0.388. The van der Waals surface area contributed by atoms with Gasteiger partial charge in [-0.05, 0) is 13.0 Å². The van der Waals surface area contributed by atoms with Crippen LogP contribution < -0.4 is 5.73 Å². The van der Waals surface area contributed by atoms with E-state index in [2.05, 4.69) is 10.2 Å². The minimum atomic E-state index is -3.84. The van der Waals surface area contributed by atoms with Gasteiger partial charge in [0.25, 0.3) is 0 Å². The first-order chi connectivity index (χ1) is 9.35. The SMILES string of the molecule is CC(c1ccccc1F)N(C)S(=O)(=O)c1cn[nH]c1N. The lowest BCUT2D eigenvalue weighted by atomic mass is 10.1. The van der Waals surface area contributed by atoms with Gasteiger partial charge in [0.1, 0.15) is 16.5 Å². The van der Waals surface area contributed by atoms with Gasteiger partial charge in [0.15, 0.2) is 0 Å². The number of halogens is 1. The quantitative estimate of drug-likeness (QED) is 0.895. The number of H-pyrrole nitrogens is 1. The number of hydrogen-bond acceptors (Lipinski definition) is 4. The van der Waals surface area contributed by atoms with Crippen LogP contribution in [0.4, 0.5) is 10.2 Å². The van der Waals surface area contributed by atoms with E-state index < -0.39 is 21.9 Å². The lowest BCUT2D eigenvalue weighted by Crippen LogP contribution is -2.30. The highest BCUT2D eigenvalue weighted by Crippen LogP contribution is 2.28. The molecule has 0 aliphatic heterocycles. The van der Waals surface area contributed by atoms with Gasteiger partial charge in [-0.2, -0.15) is 9.40 Å². The molecule has 0 fully saturated rings. The van der Waals surface area contributed by atoms with Crippen LogP contribution in [0.25, 0.3) is 0 Å². The third-order valence-corrected chi connectivity index (χ3v) is 5.15.